The molecule has 5 heteroatoms. The van der Waals surface area contributed by atoms with E-state index in [4.69, 9.17) is 0 Å². The molecule has 0 aromatic heterocycles. The fourth-order valence-electron chi connectivity index (χ4n) is 3.44. The summed E-state index contributed by atoms with van der Waals surface area (Å²) in [6.45, 7) is 2.63. The van der Waals surface area contributed by atoms with Gasteiger partial charge in [0.15, 0.2) is 17.5 Å². The van der Waals surface area contributed by atoms with E-state index in [1.165, 1.54) is 19.3 Å². The molecular weight excluding hydrogens is 265 g/mol. The third-order valence-electron chi connectivity index (χ3n) is 4.47. The normalized spacial score (nSPS) is 26.8. The lowest BCUT2D eigenvalue weighted by atomic mass is 9.99. The Balaban J connectivity index is 1.62. The Hall–Kier alpha value is -1.07. The predicted octanol–water partition coefficient (Wildman–Crippen LogP) is 2.82. The number of nitrogens with one attached hydrogen (secondary N) is 1. The number of hydrogen-bond acceptors (Lipinski definition) is 2. The predicted molar refractivity (Wildman–Crippen MR) is 70.8 cm³/mol. The number of halogens is 3. The largest absolute Gasteiger partial charge is 0.308 e. The monoisotopic (exact) mass is 284 g/mol. The van der Waals surface area contributed by atoms with Gasteiger partial charge in [0.05, 0.1) is 0 Å². The minimum absolute atomic E-state index is 0.367. The van der Waals surface area contributed by atoms with Crippen LogP contribution in [-0.4, -0.2) is 30.1 Å². The highest BCUT2D eigenvalue weighted by Crippen LogP contribution is 2.27. The maximum Gasteiger partial charge on any atom is 0.194 e. The van der Waals surface area contributed by atoms with E-state index in [-0.39, 0.29) is 0 Å². The summed E-state index contributed by atoms with van der Waals surface area (Å²) in [7, 11) is 0. The summed E-state index contributed by atoms with van der Waals surface area (Å²) in [6, 6.07) is 3.04. The Morgan fingerprint density at radius 1 is 1.05 bits per heavy atom. The Labute approximate surface area is 117 Å². The molecular formula is C15H19F3N2. The molecule has 110 valence electrons. The van der Waals surface area contributed by atoms with Gasteiger partial charge in [-0.25, -0.2) is 13.2 Å². The molecule has 0 saturated carbocycles. The molecule has 2 aliphatic heterocycles. The summed E-state index contributed by atoms with van der Waals surface area (Å²) in [4.78, 5) is 2.49. The first-order valence-electron chi connectivity index (χ1n) is 7.26. The van der Waals surface area contributed by atoms with Crippen molar-refractivity contribution < 1.29 is 13.2 Å². The average molecular weight is 284 g/mol. The molecule has 3 rings (SSSR count). The van der Waals surface area contributed by atoms with Crippen LogP contribution in [0.5, 0.6) is 0 Å². The quantitative estimate of drug-likeness (QED) is 0.859. The minimum atomic E-state index is -1.40. The van der Waals surface area contributed by atoms with Crippen LogP contribution in [0.3, 0.4) is 0 Å². The number of piperidine rings is 1. The molecule has 1 aromatic rings. The lowest BCUT2D eigenvalue weighted by Crippen LogP contribution is -2.44. The van der Waals surface area contributed by atoms with Gasteiger partial charge in [0, 0.05) is 25.2 Å². The van der Waals surface area contributed by atoms with Crippen LogP contribution < -0.4 is 5.32 Å². The molecule has 2 atom stereocenters. The maximum atomic E-state index is 13.2. The van der Waals surface area contributed by atoms with Crippen LogP contribution >= 0.6 is 0 Å². The SMILES string of the molecule is Fc1cc(CNC2CCN3CCCCC23)cc(F)c1F. The van der Waals surface area contributed by atoms with Crippen molar-refractivity contribution in [3.8, 4) is 0 Å². The van der Waals surface area contributed by atoms with Crippen molar-refractivity contribution in [2.45, 2.75) is 44.3 Å². The van der Waals surface area contributed by atoms with Gasteiger partial charge >= 0.3 is 0 Å². The first kappa shape index (κ1) is 13.9. The summed E-state index contributed by atoms with van der Waals surface area (Å²) >= 11 is 0. The third kappa shape index (κ3) is 2.69. The van der Waals surface area contributed by atoms with E-state index in [0.717, 1.165) is 31.6 Å². The maximum absolute atomic E-state index is 13.2. The first-order valence-corrected chi connectivity index (χ1v) is 7.26. The molecule has 0 bridgehead atoms. The van der Waals surface area contributed by atoms with Gasteiger partial charge in [-0.2, -0.15) is 0 Å². The molecule has 20 heavy (non-hydrogen) atoms. The zero-order chi connectivity index (χ0) is 14.1. The van der Waals surface area contributed by atoms with E-state index in [9.17, 15) is 13.2 Å². The number of nitrogens with zero attached hydrogens (tertiary/aromatic N) is 1. The summed E-state index contributed by atoms with van der Waals surface area (Å²) in [5.41, 5.74) is 0.454. The standard InChI is InChI=1S/C15H19F3N2/c16-11-7-10(8-12(17)15(11)18)9-19-13-4-6-20-5-2-1-3-14(13)20/h7-8,13-14,19H,1-6,9H2. The minimum Gasteiger partial charge on any atom is -0.308 e. The summed E-state index contributed by atoms with van der Waals surface area (Å²) in [5.74, 6) is -3.63. The Bertz CT molecular complexity index is 469. The van der Waals surface area contributed by atoms with E-state index < -0.39 is 17.5 Å². The van der Waals surface area contributed by atoms with Gasteiger partial charge < -0.3 is 5.32 Å². The lowest BCUT2D eigenvalue weighted by molar-refractivity contribution is 0.180. The van der Waals surface area contributed by atoms with Crippen molar-refractivity contribution in [3.05, 3.63) is 35.1 Å². The second-order valence-corrected chi connectivity index (χ2v) is 5.75. The van der Waals surface area contributed by atoms with Gasteiger partial charge in [-0.1, -0.05) is 6.42 Å². The first-order chi connectivity index (χ1) is 9.65. The highest BCUT2D eigenvalue weighted by atomic mass is 19.2. The second kappa shape index (κ2) is 5.74. The van der Waals surface area contributed by atoms with Crippen molar-refractivity contribution in [2.75, 3.05) is 13.1 Å². The van der Waals surface area contributed by atoms with Gasteiger partial charge in [0.25, 0.3) is 0 Å². The zero-order valence-electron chi connectivity index (χ0n) is 11.3. The third-order valence-corrected chi connectivity index (χ3v) is 4.47. The van der Waals surface area contributed by atoms with Crippen LogP contribution in [0, 0.1) is 17.5 Å². The highest BCUT2D eigenvalue weighted by molar-refractivity contribution is 5.19. The molecule has 1 N–H and O–H groups in total. The van der Waals surface area contributed by atoms with Crippen molar-refractivity contribution in [2.24, 2.45) is 0 Å². The molecule has 2 unspecified atom stereocenters. The van der Waals surface area contributed by atoms with Gasteiger partial charge in [-0.15, -0.1) is 0 Å². The van der Waals surface area contributed by atoms with E-state index in [2.05, 4.69) is 10.2 Å². The molecule has 0 spiro atoms. The van der Waals surface area contributed by atoms with E-state index in [1.807, 2.05) is 0 Å². The molecule has 0 aliphatic carbocycles. The highest BCUT2D eigenvalue weighted by Gasteiger charge is 2.34. The fourth-order valence-corrected chi connectivity index (χ4v) is 3.44. The molecule has 1 aromatic carbocycles. The number of fused-ring (bicyclic) bond motifs is 1. The zero-order valence-corrected chi connectivity index (χ0v) is 11.3. The fraction of sp³-hybridized carbons (Fsp3) is 0.600. The molecule has 2 aliphatic rings. The topological polar surface area (TPSA) is 15.3 Å². The lowest BCUT2D eigenvalue weighted by Gasteiger charge is -2.32. The van der Waals surface area contributed by atoms with Gasteiger partial charge in [-0.3, -0.25) is 4.90 Å². The Kier molecular flexibility index (Phi) is 3.98. The summed E-state index contributed by atoms with van der Waals surface area (Å²) in [5, 5.41) is 3.37. The van der Waals surface area contributed by atoms with Crippen molar-refractivity contribution in [1.82, 2.24) is 10.2 Å². The molecule has 2 nitrogen and oxygen atoms in total. The number of rotatable bonds is 3. The van der Waals surface area contributed by atoms with Crippen LogP contribution in [0.25, 0.3) is 0 Å². The molecule has 2 heterocycles. The summed E-state index contributed by atoms with van der Waals surface area (Å²) < 4.78 is 39.2. The van der Waals surface area contributed by atoms with Crippen LogP contribution in [0.1, 0.15) is 31.2 Å². The summed E-state index contributed by atoms with van der Waals surface area (Å²) in [6.07, 6.45) is 4.76. The van der Waals surface area contributed by atoms with Crippen LogP contribution in [-0.2, 0) is 6.54 Å². The van der Waals surface area contributed by atoms with Crippen LogP contribution in [0.2, 0.25) is 0 Å². The molecule has 2 saturated heterocycles. The van der Waals surface area contributed by atoms with E-state index in [1.54, 1.807) is 0 Å². The molecule has 0 amide bonds. The number of benzene rings is 1. The van der Waals surface area contributed by atoms with Crippen LogP contribution in [0.4, 0.5) is 13.2 Å². The molecule has 2 fully saturated rings. The van der Waals surface area contributed by atoms with Gasteiger partial charge in [0.2, 0.25) is 0 Å². The smallest absolute Gasteiger partial charge is 0.194 e. The molecule has 0 radical (unpaired) electrons. The Morgan fingerprint density at radius 2 is 1.80 bits per heavy atom. The van der Waals surface area contributed by atoms with Crippen molar-refractivity contribution in [3.63, 3.8) is 0 Å². The Morgan fingerprint density at radius 3 is 2.55 bits per heavy atom. The van der Waals surface area contributed by atoms with Crippen molar-refractivity contribution >= 4 is 0 Å². The number of hydrogen-bond donors (Lipinski definition) is 1. The van der Waals surface area contributed by atoms with Crippen molar-refractivity contribution in [1.29, 1.82) is 0 Å². The van der Waals surface area contributed by atoms with Gasteiger partial charge in [-0.05, 0) is 43.5 Å². The van der Waals surface area contributed by atoms with E-state index in [0.29, 0.717) is 24.2 Å². The van der Waals surface area contributed by atoms with E-state index >= 15 is 0 Å². The van der Waals surface area contributed by atoms with Crippen LogP contribution in [0.15, 0.2) is 12.1 Å². The second-order valence-electron chi connectivity index (χ2n) is 5.75. The average Bonchev–Trinajstić information content (AvgIpc) is 2.85. The van der Waals surface area contributed by atoms with Gasteiger partial charge in [0.1, 0.15) is 0 Å².